The molecular formula is C20H27N3O4. The number of carbonyl (C=O) groups is 2. The molecule has 2 N–H and O–H groups in total. The van der Waals surface area contributed by atoms with Crippen molar-refractivity contribution in [3.8, 4) is 0 Å². The van der Waals surface area contributed by atoms with Gasteiger partial charge in [-0.05, 0) is 43.9 Å². The molecule has 2 heterocycles. The molecule has 3 fully saturated rings. The molecule has 4 rings (SSSR count). The zero-order valence-electron chi connectivity index (χ0n) is 15.5. The Morgan fingerprint density at radius 1 is 1.11 bits per heavy atom. The van der Waals surface area contributed by atoms with Crippen molar-refractivity contribution in [3.05, 3.63) is 23.8 Å². The molecule has 0 spiro atoms. The van der Waals surface area contributed by atoms with Crippen LogP contribution < -0.4 is 15.5 Å². The lowest BCUT2D eigenvalue weighted by atomic mass is 10.1. The van der Waals surface area contributed by atoms with E-state index in [0.29, 0.717) is 25.3 Å². The SMILES string of the molecule is O=C(NCC1CCCO1)c1ccc(NC(=O)C2CC2)cc1N1CCOCC1. The fourth-order valence-corrected chi connectivity index (χ4v) is 3.56. The first-order valence-corrected chi connectivity index (χ1v) is 9.88. The van der Waals surface area contributed by atoms with Gasteiger partial charge in [-0.15, -0.1) is 0 Å². The topological polar surface area (TPSA) is 79.9 Å². The number of rotatable bonds is 6. The highest BCUT2D eigenvalue weighted by Crippen LogP contribution is 2.31. The molecule has 7 heteroatoms. The lowest BCUT2D eigenvalue weighted by molar-refractivity contribution is -0.117. The molecule has 0 bridgehead atoms. The van der Waals surface area contributed by atoms with Crippen molar-refractivity contribution in [1.82, 2.24) is 5.32 Å². The largest absolute Gasteiger partial charge is 0.378 e. The number of amides is 2. The fourth-order valence-electron chi connectivity index (χ4n) is 3.56. The van der Waals surface area contributed by atoms with Crippen molar-refractivity contribution in [2.24, 2.45) is 5.92 Å². The number of hydrogen-bond acceptors (Lipinski definition) is 5. The van der Waals surface area contributed by atoms with Gasteiger partial charge in [-0.2, -0.15) is 0 Å². The smallest absolute Gasteiger partial charge is 0.253 e. The van der Waals surface area contributed by atoms with Crippen molar-refractivity contribution in [1.29, 1.82) is 0 Å². The average molecular weight is 373 g/mol. The lowest BCUT2D eigenvalue weighted by Crippen LogP contribution is -2.38. The summed E-state index contributed by atoms with van der Waals surface area (Å²) < 4.78 is 11.0. The van der Waals surface area contributed by atoms with E-state index in [0.717, 1.165) is 56.8 Å². The zero-order chi connectivity index (χ0) is 18.6. The number of morpholine rings is 1. The van der Waals surface area contributed by atoms with Gasteiger partial charge in [0.05, 0.1) is 30.6 Å². The van der Waals surface area contributed by atoms with Gasteiger partial charge < -0.3 is 25.0 Å². The van der Waals surface area contributed by atoms with Crippen LogP contribution in [0.1, 0.15) is 36.0 Å². The molecule has 0 aromatic heterocycles. The van der Waals surface area contributed by atoms with Crippen LogP contribution in [0.15, 0.2) is 18.2 Å². The summed E-state index contributed by atoms with van der Waals surface area (Å²) in [7, 11) is 0. The Bertz CT molecular complexity index is 692. The molecule has 2 aliphatic heterocycles. The molecule has 1 aromatic rings. The van der Waals surface area contributed by atoms with Gasteiger partial charge in [-0.25, -0.2) is 0 Å². The summed E-state index contributed by atoms with van der Waals surface area (Å²) in [5.41, 5.74) is 2.21. The van der Waals surface area contributed by atoms with Gasteiger partial charge in [0.15, 0.2) is 0 Å². The predicted molar refractivity (Wildman–Crippen MR) is 102 cm³/mol. The van der Waals surface area contributed by atoms with E-state index in [4.69, 9.17) is 9.47 Å². The molecule has 1 atom stereocenters. The minimum atomic E-state index is -0.105. The Morgan fingerprint density at radius 3 is 2.63 bits per heavy atom. The van der Waals surface area contributed by atoms with Crippen LogP contribution in [0.5, 0.6) is 0 Å². The molecule has 1 aliphatic carbocycles. The third-order valence-electron chi connectivity index (χ3n) is 5.32. The maximum Gasteiger partial charge on any atom is 0.253 e. The van der Waals surface area contributed by atoms with Gasteiger partial charge in [0.2, 0.25) is 5.91 Å². The maximum atomic E-state index is 12.8. The van der Waals surface area contributed by atoms with Gasteiger partial charge in [0, 0.05) is 37.8 Å². The normalized spacial score (nSPS) is 22.5. The van der Waals surface area contributed by atoms with Crippen molar-refractivity contribution in [2.45, 2.75) is 31.8 Å². The Kier molecular flexibility index (Phi) is 5.59. The van der Waals surface area contributed by atoms with Crippen LogP contribution in [0.4, 0.5) is 11.4 Å². The molecule has 1 saturated carbocycles. The standard InChI is InChI=1S/C20H27N3O4/c24-19(14-3-4-14)22-15-5-6-17(18(12-15)23-7-10-26-11-8-23)20(25)21-13-16-2-1-9-27-16/h5-6,12,14,16H,1-4,7-11,13H2,(H,21,25)(H,22,24). The van der Waals surface area contributed by atoms with E-state index in [1.807, 2.05) is 12.1 Å². The van der Waals surface area contributed by atoms with Crippen LogP contribution >= 0.6 is 0 Å². The zero-order valence-corrected chi connectivity index (χ0v) is 15.5. The summed E-state index contributed by atoms with van der Waals surface area (Å²) in [4.78, 5) is 27.0. The molecule has 2 amide bonds. The predicted octanol–water partition coefficient (Wildman–Crippen LogP) is 1.78. The summed E-state index contributed by atoms with van der Waals surface area (Å²) in [6, 6.07) is 5.52. The number of anilines is 2. The van der Waals surface area contributed by atoms with Crippen molar-refractivity contribution >= 4 is 23.2 Å². The van der Waals surface area contributed by atoms with E-state index < -0.39 is 0 Å². The minimum absolute atomic E-state index is 0.0681. The number of benzene rings is 1. The molecule has 1 unspecified atom stereocenters. The molecule has 0 radical (unpaired) electrons. The number of ether oxygens (including phenoxy) is 2. The first-order valence-electron chi connectivity index (χ1n) is 9.88. The molecule has 146 valence electrons. The quantitative estimate of drug-likeness (QED) is 0.795. The number of carbonyl (C=O) groups excluding carboxylic acids is 2. The van der Waals surface area contributed by atoms with Crippen molar-refractivity contribution in [2.75, 3.05) is 49.7 Å². The second-order valence-corrected chi connectivity index (χ2v) is 7.44. The number of hydrogen-bond donors (Lipinski definition) is 2. The average Bonchev–Trinajstić information content (AvgIpc) is 3.43. The number of nitrogens with one attached hydrogen (secondary N) is 2. The van der Waals surface area contributed by atoms with Crippen molar-refractivity contribution < 1.29 is 19.1 Å². The van der Waals surface area contributed by atoms with E-state index >= 15 is 0 Å². The minimum Gasteiger partial charge on any atom is -0.378 e. The summed E-state index contributed by atoms with van der Waals surface area (Å²) in [5.74, 6) is 0.108. The van der Waals surface area contributed by atoms with Gasteiger partial charge in [0.1, 0.15) is 0 Å². The van der Waals surface area contributed by atoms with Gasteiger partial charge >= 0.3 is 0 Å². The third kappa shape index (κ3) is 4.59. The Labute approximate surface area is 159 Å². The highest BCUT2D eigenvalue weighted by atomic mass is 16.5. The lowest BCUT2D eigenvalue weighted by Gasteiger charge is -2.30. The molecule has 1 aromatic carbocycles. The van der Waals surface area contributed by atoms with Crippen LogP contribution in [0.2, 0.25) is 0 Å². The second kappa shape index (κ2) is 8.27. The van der Waals surface area contributed by atoms with E-state index in [2.05, 4.69) is 15.5 Å². The molecule has 7 nitrogen and oxygen atoms in total. The summed E-state index contributed by atoms with van der Waals surface area (Å²) in [5, 5.41) is 5.98. The summed E-state index contributed by atoms with van der Waals surface area (Å²) in [6.07, 6.45) is 4.08. The first kappa shape index (κ1) is 18.3. The molecule has 27 heavy (non-hydrogen) atoms. The van der Waals surface area contributed by atoms with E-state index in [-0.39, 0.29) is 23.8 Å². The first-order chi connectivity index (χ1) is 13.2. The Hall–Kier alpha value is -2.12. The molecular weight excluding hydrogens is 346 g/mol. The van der Waals surface area contributed by atoms with Crippen LogP contribution in [-0.4, -0.2) is 57.4 Å². The van der Waals surface area contributed by atoms with Crippen LogP contribution in [0.25, 0.3) is 0 Å². The highest BCUT2D eigenvalue weighted by molar-refractivity contribution is 6.02. The molecule has 2 saturated heterocycles. The maximum absolute atomic E-state index is 12.8. The van der Waals surface area contributed by atoms with E-state index in [1.165, 1.54) is 0 Å². The van der Waals surface area contributed by atoms with Crippen LogP contribution in [-0.2, 0) is 14.3 Å². The number of nitrogens with zero attached hydrogens (tertiary/aromatic N) is 1. The van der Waals surface area contributed by atoms with E-state index in [9.17, 15) is 9.59 Å². The van der Waals surface area contributed by atoms with Gasteiger partial charge in [-0.3, -0.25) is 9.59 Å². The van der Waals surface area contributed by atoms with E-state index in [1.54, 1.807) is 6.07 Å². The van der Waals surface area contributed by atoms with Gasteiger partial charge in [0.25, 0.3) is 5.91 Å². The Balaban J connectivity index is 1.50. The fraction of sp³-hybridized carbons (Fsp3) is 0.600. The van der Waals surface area contributed by atoms with Crippen LogP contribution in [0.3, 0.4) is 0 Å². The second-order valence-electron chi connectivity index (χ2n) is 7.44. The monoisotopic (exact) mass is 373 g/mol. The molecule has 3 aliphatic rings. The van der Waals surface area contributed by atoms with Gasteiger partial charge in [-0.1, -0.05) is 0 Å². The van der Waals surface area contributed by atoms with Crippen molar-refractivity contribution in [3.63, 3.8) is 0 Å². The summed E-state index contributed by atoms with van der Waals surface area (Å²) >= 11 is 0. The van der Waals surface area contributed by atoms with Crippen LogP contribution in [0, 0.1) is 5.92 Å². The third-order valence-corrected chi connectivity index (χ3v) is 5.32. The Morgan fingerprint density at radius 2 is 1.93 bits per heavy atom. The highest BCUT2D eigenvalue weighted by Gasteiger charge is 2.30. The summed E-state index contributed by atoms with van der Waals surface area (Å²) in [6.45, 7) is 4.03.